The topological polar surface area (TPSA) is 44.1 Å². The van der Waals surface area contributed by atoms with E-state index >= 15 is 0 Å². The lowest BCUT2D eigenvalue weighted by Crippen LogP contribution is -2.29. The van der Waals surface area contributed by atoms with Crippen molar-refractivity contribution in [3.63, 3.8) is 0 Å². The van der Waals surface area contributed by atoms with Gasteiger partial charge in [0.1, 0.15) is 6.04 Å². The maximum Gasteiger partial charge on any atom is 0.264 e. The van der Waals surface area contributed by atoms with Gasteiger partial charge in [0, 0.05) is 7.05 Å². The first-order valence-corrected chi connectivity index (χ1v) is 6.37. The molecule has 18 heavy (non-hydrogen) atoms. The second kappa shape index (κ2) is 5.48. The Kier molecular flexibility index (Phi) is 3.75. The molecule has 0 aliphatic heterocycles. The van der Waals surface area contributed by atoms with Gasteiger partial charge in [0.05, 0.1) is 10.9 Å². The summed E-state index contributed by atoms with van der Waals surface area (Å²) >= 11 is 1.38. The molecule has 0 aliphatic rings. The standard InChI is InChI=1S/C14H12N2OS/c1-16(14(17)13-8-5-9-18-13)12(10-15)11-6-3-2-4-7-11/h2-9,12H,1H3. The van der Waals surface area contributed by atoms with Crippen LogP contribution in [0.2, 0.25) is 0 Å². The lowest BCUT2D eigenvalue weighted by atomic mass is 10.1. The highest BCUT2D eigenvalue weighted by Gasteiger charge is 2.22. The maximum atomic E-state index is 12.2. The van der Waals surface area contributed by atoms with E-state index in [2.05, 4.69) is 6.07 Å². The van der Waals surface area contributed by atoms with Gasteiger partial charge in [0.25, 0.3) is 5.91 Å². The molecular weight excluding hydrogens is 244 g/mol. The molecule has 0 saturated heterocycles. The quantitative estimate of drug-likeness (QED) is 0.847. The van der Waals surface area contributed by atoms with Crippen LogP contribution in [0.15, 0.2) is 47.8 Å². The third-order valence-electron chi connectivity index (χ3n) is 2.68. The molecule has 2 rings (SSSR count). The Morgan fingerprint density at radius 1 is 1.28 bits per heavy atom. The largest absolute Gasteiger partial charge is 0.321 e. The van der Waals surface area contributed by atoms with Gasteiger partial charge in [-0.15, -0.1) is 11.3 Å². The number of hydrogen-bond donors (Lipinski definition) is 0. The highest BCUT2D eigenvalue weighted by atomic mass is 32.1. The minimum Gasteiger partial charge on any atom is -0.321 e. The normalized spacial score (nSPS) is 11.6. The molecule has 1 aromatic heterocycles. The fraction of sp³-hybridized carbons (Fsp3) is 0.143. The first-order valence-electron chi connectivity index (χ1n) is 5.49. The van der Waals surface area contributed by atoms with E-state index < -0.39 is 6.04 Å². The molecule has 2 aromatic rings. The van der Waals surface area contributed by atoms with Crippen LogP contribution in [-0.2, 0) is 0 Å². The van der Waals surface area contributed by atoms with Crippen LogP contribution in [0, 0.1) is 11.3 Å². The molecule has 1 amide bonds. The first-order chi connectivity index (χ1) is 8.74. The second-order valence-electron chi connectivity index (χ2n) is 3.84. The van der Waals surface area contributed by atoms with Crippen molar-refractivity contribution >= 4 is 17.2 Å². The van der Waals surface area contributed by atoms with Crippen LogP contribution in [0.5, 0.6) is 0 Å². The smallest absolute Gasteiger partial charge is 0.264 e. The van der Waals surface area contributed by atoms with Crippen LogP contribution in [0.25, 0.3) is 0 Å². The fourth-order valence-electron chi connectivity index (χ4n) is 1.71. The Balaban J connectivity index is 2.24. The zero-order chi connectivity index (χ0) is 13.0. The van der Waals surface area contributed by atoms with Gasteiger partial charge in [-0.1, -0.05) is 36.4 Å². The average Bonchev–Trinajstić information content (AvgIpc) is 2.94. The van der Waals surface area contributed by atoms with E-state index in [-0.39, 0.29) is 5.91 Å². The summed E-state index contributed by atoms with van der Waals surface area (Å²) in [4.78, 5) is 14.3. The van der Waals surface area contributed by atoms with Gasteiger partial charge in [-0.2, -0.15) is 5.26 Å². The van der Waals surface area contributed by atoms with Crippen LogP contribution >= 0.6 is 11.3 Å². The molecule has 0 N–H and O–H groups in total. The Hall–Kier alpha value is -2.12. The van der Waals surface area contributed by atoms with Crippen LogP contribution in [0.4, 0.5) is 0 Å². The molecule has 0 bridgehead atoms. The number of rotatable bonds is 3. The van der Waals surface area contributed by atoms with Gasteiger partial charge < -0.3 is 4.90 Å². The molecule has 0 radical (unpaired) electrons. The van der Waals surface area contributed by atoms with E-state index in [0.717, 1.165) is 5.56 Å². The molecule has 1 aromatic carbocycles. The molecule has 0 fully saturated rings. The van der Waals surface area contributed by atoms with Gasteiger partial charge in [0.2, 0.25) is 0 Å². The summed E-state index contributed by atoms with van der Waals surface area (Å²) in [6, 6.07) is 14.5. The monoisotopic (exact) mass is 256 g/mol. The molecule has 0 aliphatic carbocycles. The summed E-state index contributed by atoms with van der Waals surface area (Å²) in [7, 11) is 1.66. The number of benzene rings is 1. The maximum absolute atomic E-state index is 12.2. The van der Waals surface area contributed by atoms with Crippen molar-refractivity contribution in [1.82, 2.24) is 4.90 Å². The number of nitriles is 1. The SMILES string of the molecule is CN(C(=O)c1cccs1)C(C#N)c1ccccc1. The van der Waals surface area contributed by atoms with Crippen molar-refractivity contribution in [3.05, 3.63) is 58.3 Å². The second-order valence-corrected chi connectivity index (χ2v) is 4.78. The number of hydrogen-bond acceptors (Lipinski definition) is 3. The summed E-state index contributed by atoms with van der Waals surface area (Å²) in [6.45, 7) is 0. The lowest BCUT2D eigenvalue weighted by molar-refractivity contribution is 0.0768. The van der Waals surface area contributed by atoms with Crippen molar-refractivity contribution < 1.29 is 4.79 Å². The highest BCUT2D eigenvalue weighted by Crippen LogP contribution is 2.21. The molecule has 0 saturated carbocycles. The predicted molar refractivity (Wildman–Crippen MR) is 71.2 cm³/mol. The lowest BCUT2D eigenvalue weighted by Gasteiger charge is -2.22. The summed E-state index contributed by atoms with van der Waals surface area (Å²) in [6.07, 6.45) is 0. The molecule has 3 nitrogen and oxygen atoms in total. The zero-order valence-electron chi connectivity index (χ0n) is 9.91. The van der Waals surface area contributed by atoms with Gasteiger partial charge in [-0.05, 0) is 17.0 Å². The Morgan fingerprint density at radius 2 is 2.00 bits per heavy atom. The minimum atomic E-state index is -0.555. The van der Waals surface area contributed by atoms with Crippen LogP contribution in [-0.4, -0.2) is 17.9 Å². The molecule has 1 unspecified atom stereocenters. The van der Waals surface area contributed by atoms with Crippen LogP contribution in [0.3, 0.4) is 0 Å². The summed E-state index contributed by atoms with van der Waals surface area (Å²) in [5.41, 5.74) is 0.826. The summed E-state index contributed by atoms with van der Waals surface area (Å²) in [5, 5.41) is 11.1. The van der Waals surface area contributed by atoms with Crippen molar-refractivity contribution in [3.8, 4) is 6.07 Å². The minimum absolute atomic E-state index is 0.125. The highest BCUT2D eigenvalue weighted by molar-refractivity contribution is 7.12. The van der Waals surface area contributed by atoms with Gasteiger partial charge >= 0.3 is 0 Å². The van der Waals surface area contributed by atoms with Gasteiger partial charge in [-0.3, -0.25) is 4.79 Å². The average molecular weight is 256 g/mol. The van der Waals surface area contributed by atoms with Crippen molar-refractivity contribution in [2.45, 2.75) is 6.04 Å². The zero-order valence-corrected chi connectivity index (χ0v) is 10.7. The van der Waals surface area contributed by atoms with E-state index in [1.165, 1.54) is 16.2 Å². The molecule has 1 heterocycles. The number of thiophene rings is 1. The van der Waals surface area contributed by atoms with Crippen LogP contribution in [0.1, 0.15) is 21.3 Å². The van der Waals surface area contributed by atoms with Crippen molar-refractivity contribution in [2.24, 2.45) is 0 Å². The van der Waals surface area contributed by atoms with E-state index in [1.807, 2.05) is 41.8 Å². The third-order valence-corrected chi connectivity index (χ3v) is 3.54. The van der Waals surface area contributed by atoms with E-state index in [1.54, 1.807) is 13.1 Å². The van der Waals surface area contributed by atoms with E-state index in [9.17, 15) is 10.1 Å². The molecule has 90 valence electrons. The fourth-order valence-corrected chi connectivity index (χ4v) is 2.42. The molecule has 0 spiro atoms. The molecular formula is C14H12N2OS. The van der Waals surface area contributed by atoms with Crippen LogP contribution < -0.4 is 0 Å². The van der Waals surface area contributed by atoms with E-state index in [4.69, 9.17) is 0 Å². The Bertz CT molecular complexity index is 557. The first kappa shape index (κ1) is 12.3. The number of carbonyl (C=O) groups excluding carboxylic acids is 1. The third kappa shape index (κ3) is 2.41. The number of carbonyl (C=O) groups is 1. The Labute approximate surface area is 110 Å². The van der Waals surface area contributed by atoms with Crippen molar-refractivity contribution in [2.75, 3.05) is 7.05 Å². The van der Waals surface area contributed by atoms with Crippen molar-refractivity contribution in [1.29, 1.82) is 5.26 Å². The molecule has 4 heteroatoms. The summed E-state index contributed by atoms with van der Waals surface area (Å²) < 4.78 is 0. The number of nitrogens with zero attached hydrogens (tertiary/aromatic N) is 2. The Morgan fingerprint density at radius 3 is 2.56 bits per heavy atom. The van der Waals surface area contributed by atoms with Gasteiger partial charge in [0.15, 0.2) is 0 Å². The van der Waals surface area contributed by atoms with Gasteiger partial charge in [-0.25, -0.2) is 0 Å². The predicted octanol–water partition coefficient (Wildman–Crippen LogP) is 3.08. The number of amides is 1. The van der Waals surface area contributed by atoms with E-state index in [0.29, 0.717) is 4.88 Å². The summed E-state index contributed by atoms with van der Waals surface area (Å²) in [5.74, 6) is -0.125. The molecule has 1 atom stereocenters.